The first kappa shape index (κ1) is 15.7. The number of hydrogen-bond donors (Lipinski definition) is 3. The van der Waals surface area contributed by atoms with E-state index < -0.39 is 0 Å². The number of rotatable bonds is 4. The van der Waals surface area contributed by atoms with Crippen molar-refractivity contribution in [3.05, 3.63) is 11.1 Å². The molecule has 0 spiro atoms. The summed E-state index contributed by atoms with van der Waals surface area (Å²) in [6.07, 6.45) is 0. The predicted molar refractivity (Wildman–Crippen MR) is 88.8 cm³/mol. The number of carbonyl (C=O) groups excluding carboxylic acids is 1. The zero-order chi connectivity index (χ0) is 15.6. The molecule has 0 aliphatic rings. The van der Waals surface area contributed by atoms with E-state index in [1.54, 1.807) is 0 Å². The maximum Gasteiger partial charge on any atom is 0.239 e. The van der Waals surface area contributed by atoms with Crippen LogP contribution in [0, 0.1) is 6.92 Å². The first-order valence-electron chi connectivity index (χ1n) is 6.49. The second kappa shape index (κ2) is 5.98. The molecule has 0 saturated heterocycles. The molecule has 0 aliphatic carbocycles. The van der Waals surface area contributed by atoms with E-state index in [1.165, 1.54) is 22.9 Å². The lowest BCUT2D eigenvalue weighted by Gasteiger charge is -2.20. The molecule has 6 nitrogen and oxygen atoms in total. The summed E-state index contributed by atoms with van der Waals surface area (Å²) in [4.78, 5) is 16.3. The number of hydrogen-bond acceptors (Lipinski definition) is 7. The van der Waals surface area contributed by atoms with Gasteiger partial charge in [-0.1, -0.05) is 0 Å². The summed E-state index contributed by atoms with van der Waals surface area (Å²) in [7, 11) is 0. The van der Waals surface area contributed by atoms with Crippen molar-refractivity contribution in [1.82, 2.24) is 14.7 Å². The molecule has 21 heavy (non-hydrogen) atoms. The number of nitrogens with one attached hydrogen (secondary N) is 2. The van der Waals surface area contributed by atoms with Crippen LogP contribution in [0.3, 0.4) is 0 Å². The van der Waals surface area contributed by atoms with E-state index in [-0.39, 0.29) is 18.0 Å². The zero-order valence-electron chi connectivity index (χ0n) is 12.5. The molecule has 2 heterocycles. The number of aromatic nitrogens is 2. The highest BCUT2D eigenvalue weighted by molar-refractivity contribution is 7.15. The van der Waals surface area contributed by atoms with Gasteiger partial charge in [-0.15, -0.1) is 11.3 Å². The van der Waals surface area contributed by atoms with Gasteiger partial charge in [-0.2, -0.15) is 4.37 Å². The van der Waals surface area contributed by atoms with Gasteiger partial charge in [0.2, 0.25) is 5.91 Å². The van der Waals surface area contributed by atoms with Crippen molar-refractivity contribution in [2.45, 2.75) is 33.2 Å². The van der Waals surface area contributed by atoms with Crippen molar-refractivity contribution in [1.29, 1.82) is 0 Å². The van der Waals surface area contributed by atoms with Crippen molar-refractivity contribution in [2.24, 2.45) is 0 Å². The van der Waals surface area contributed by atoms with E-state index in [1.807, 2.05) is 33.1 Å². The molecule has 8 heteroatoms. The van der Waals surface area contributed by atoms with E-state index >= 15 is 0 Å². The molecule has 2 rings (SSSR count). The molecule has 0 radical (unpaired) electrons. The first-order valence-corrected chi connectivity index (χ1v) is 8.14. The molecule has 2 aromatic heterocycles. The molecule has 4 N–H and O–H groups in total. The lowest BCUT2D eigenvalue weighted by Crippen LogP contribution is -2.43. The summed E-state index contributed by atoms with van der Waals surface area (Å²) in [5.74, 6) is 0.365. The molecule has 0 aliphatic heterocycles. The van der Waals surface area contributed by atoms with Crippen LogP contribution in [0.2, 0.25) is 0 Å². The van der Waals surface area contributed by atoms with Gasteiger partial charge >= 0.3 is 0 Å². The standard InChI is InChI=1S/C13H19N5OS2/c1-7-6-20-12(16-7)9-10(14)18-21-11(9)15-5-8(19)17-13(2,3)4/h6,15H,5H2,1-4H3,(H2,14,18)(H,17,19). The fourth-order valence-corrected chi connectivity index (χ4v) is 3.35. The van der Waals surface area contributed by atoms with Gasteiger partial charge in [0.05, 0.1) is 12.1 Å². The largest absolute Gasteiger partial charge is 0.382 e. The van der Waals surface area contributed by atoms with Crippen molar-refractivity contribution in [3.63, 3.8) is 0 Å². The van der Waals surface area contributed by atoms with E-state index in [2.05, 4.69) is 20.0 Å². The number of aryl methyl sites for hydroxylation is 1. The molecular formula is C13H19N5OS2. The number of amides is 1. The number of carbonyl (C=O) groups is 1. The van der Waals surface area contributed by atoms with Crippen LogP contribution in [0.4, 0.5) is 10.8 Å². The lowest BCUT2D eigenvalue weighted by atomic mass is 10.1. The lowest BCUT2D eigenvalue weighted by molar-refractivity contribution is -0.120. The third-order valence-electron chi connectivity index (χ3n) is 2.48. The molecule has 1 amide bonds. The first-order chi connectivity index (χ1) is 9.76. The molecule has 0 fully saturated rings. The number of anilines is 2. The maximum atomic E-state index is 11.9. The minimum atomic E-state index is -0.249. The Labute approximate surface area is 132 Å². The van der Waals surface area contributed by atoms with Gasteiger partial charge in [-0.25, -0.2) is 4.98 Å². The van der Waals surface area contributed by atoms with Crippen molar-refractivity contribution in [3.8, 4) is 10.6 Å². The Hall–Kier alpha value is -1.67. The van der Waals surface area contributed by atoms with Crippen LogP contribution < -0.4 is 16.4 Å². The number of nitrogens with zero attached hydrogens (tertiary/aromatic N) is 2. The van der Waals surface area contributed by atoms with Crippen molar-refractivity contribution >= 4 is 39.6 Å². The Kier molecular flexibility index (Phi) is 4.48. The van der Waals surface area contributed by atoms with Gasteiger partial charge in [-0.05, 0) is 39.2 Å². The van der Waals surface area contributed by atoms with E-state index in [9.17, 15) is 4.79 Å². The van der Waals surface area contributed by atoms with Gasteiger partial charge in [0.15, 0.2) is 0 Å². The SMILES string of the molecule is Cc1csc(-c2c(N)nsc2NCC(=O)NC(C)(C)C)n1. The fourth-order valence-electron chi connectivity index (χ4n) is 1.72. The minimum absolute atomic E-state index is 0.0734. The summed E-state index contributed by atoms with van der Waals surface area (Å²) in [5, 5.41) is 9.54. The number of nitrogen functional groups attached to an aromatic ring is 1. The third kappa shape index (κ3) is 4.15. The number of thiazole rings is 1. The monoisotopic (exact) mass is 325 g/mol. The summed E-state index contributed by atoms with van der Waals surface area (Å²) < 4.78 is 4.15. The predicted octanol–water partition coefficient (Wildman–Crippen LogP) is 2.48. The highest BCUT2D eigenvalue weighted by Crippen LogP contribution is 2.38. The van der Waals surface area contributed by atoms with Crippen LogP contribution in [-0.4, -0.2) is 27.3 Å². The molecule has 0 aromatic carbocycles. The highest BCUT2D eigenvalue weighted by atomic mass is 32.1. The van der Waals surface area contributed by atoms with Crippen LogP contribution in [-0.2, 0) is 4.79 Å². The fraction of sp³-hybridized carbons (Fsp3) is 0.462. The second-order valence-corrected chi connectivity index (χ2v) is 7.35. The van der Waals surface area contributed by atoms with Crippen molar-refractivity contribution in [2.75, 3.05) is 17.6 Å². The molecular weight excluding hydrogens is 306 g/mol. The summed E-state index contributed by atoms with van der Waals surface area (Å²) >= 11 is 2.76. The average Bonchev–Trinajstić information content (AvgIpc) is 2.90. The van der Waals surface area contributed by atoms with Gasteiger partial charge in [-0.3, -0.25) is 4.79 Å². The third-order valence-corrected chi connectivity index (χ3v) is 4.27. The Morgan fingerprint density at radius 2 is 2.14 bits per heavy atom. The van der Waals surface area contributed by atoms with Crippen LogP contribution in [0.25, 0.3) is 10.6 Å². The van der Waals surface area contributed by atoms with E-state index in [4.69, 9.17) is 5.73 Å². The Balaban J connectivity index is 2.10. The smallest absolute Gasteiger partial charge is 0.239 e. The second-order valence-electron chi connectivity index (χ2n) is 5.72. The Morgan fingerprint density at radius 1 is 1.43 bits per heavy atom. The molecule has 0 unspecified atom stereocenters. The molecule has 0 bridgehead atoms. The number of nitrogens with two attached hydrogens (primary N) is 1. The molecule has 0 saturated carbocycles. The van der Waals surface area contributed by atoms with Crippen LogP contribution in [0.1, 0.15) is 26.5 Å². The van der Waals surface area contributed by atoms with Crippen LogP contribution >= 0.6 is 22.9 Å². The Morgan fingerprint density at radius 3 is 2.71 bits per heavy atom. The van der Waals surface area contributed by atoms with Gasteiger partial charge < -0.3 is 16.4 Å². The Bertz CT molecular complexity index is 641. The molecule has 2 aromatic rings. The summed E-state index contributed by atoms with van der Waals surface area (Å²) in [5.41, 5.74) is 7.39. The van der Waals surface area contributed by atoms with Crippen LogP contribution in [0.5, 0.6) is 0 Å². The minimum Gasteiger partial charge on any atom is -0.382 e. The van der Waals surface area contributed by atoms with Crippen molar-refractivity contribution < 1.29 is 4.79 Å². The van der Waals surface area contributed by atoms with E-state index in [0.717, 1.165) is 21.3 Å². The molecule has 114 valence electrons. The van der Waals surface area contributed by atoms with Gasteiger partial charge in [0, 0.05) is 16.6 Å². The average molecular weight is 325 g/mol. The van der Waals surface area contributed by atoms with Crippen LogP contribution in [0.15, 0.2) is 5.38 Å². The maximum absolute atomic E-state index is 11.9. The van der Waals surface area contributed by atoms with Gasteiger partial charge in [0.25, 0.3) is 0 Å². The normalized spacial score (nSPS) is 11.4. The van der Waals surface area contributed by atoms with Gasteiger partial charge in [0.1, 0.15) is 15.8 Å². The topological polar surface area (TPSA) is 92.9 Å². The summed E-state index contributed by atoms with van der Waals surface area (Å²) in [6, 6.07) is 0. The summed E-state index contributed by atoms with van der Waals surface area (Å²) in [6.45, 7) is 7.94. The highest BCUT2D eigenvalue weighted by Gasteiger charge is 2.18. The molecule has 0 atom stereocenters. The zero-order valence-corrected chi connectivity index (χ0v) is 14.1. The van der Waals surface area contributed by atoms with E-state index in [0.29, 0.717) is 5.82 Å². The quantitative estimate of drug-likeness (QED) is 0.803.